The van der Waals surface area contributed by atoms with Crippen molar-refractivity contribution < 1.29 is 22.5 Å². The van der Waals surface area contributed by atoms with Crippen LogP contribution in [0, 0.1) is 0 Å². The van der Waals surface area contributed by atoms with Crippen LogP contribution in [-0.2, 0) is 26.6 Å². The van der Waals surface area contributed by atoms with Crippen LogP contribution in [0.2, 0.25) is 0 Å². The van der Waals surface area contributed by atoms with Crippen LogP contribution in [-0.4, -0.2) is 41.8 Å². The van der Waals surface area contributed by atoms with E-state index in [0.29, 0.717) is 11.3 Å². The Bertz CT molecular complexity index is 598. The minimum Gasteiger partial charge on any atom is -0.478 e. The summed E-state index contributed by atoms with van der Waals surface area (Å²) in [5.41, 5.74) is 0.443. The number of rotatable bonds is 8. The van der Waals surface area contributed by atoms with E-state index in [9.17, 15) is 17.4 Å². The molecule has 0 saturated heterocycles. The molecule has 8 heteroatoms. The minimum atomic E-state index is -3.56. The Labute approximate surface area is 120 Å². The van der Waals surface area contributed by atoms with Crippen LogP contribution in [0.4, 0.5) is 0 Å². The Morgan fingerprint density at radius 1 is 1.40 bits per heavy atom. The van der Waals surface area contributed by atoms with Gasteiger partial charge in [0.2, 0.25) is 10.0 Å². The molecule has 0 spiro atoms. The first-order valence-corrected chi connectivity index (χ1v) is 9.12. The fraction of sp³-hybridized carbons (Fsp3) is 0.417. The number of hydrogen-bond donors (Lipinski definition) is 2. The molecule has 1 aromatic carbocycles. The quantitative estimate of drug-likeness (QED) is 0.730. The molecule has 0 saturated carbocycles. The van der Waals surface area contributed by atoms with E-state index < -0.39 is 26.8 Å². The van der Waals surface area contributed by atoms with Gasteiger partial charge in [-0.15, -0.1) is 0 Å². The molecular weight excluding hydrogens is 302 g/mol. The second kappa shape index (κ2) is 7.51. The van der Waals surface area contributed by atoms with Gasteiger partial charge in [0.15, 0.2) is 0 Å². The molecule has 1 atom stereocenters. The molecule has 0 fully saturated rings. The van der Waals surface area contributed by atoms with Gasteiger partial charge >= 0.3 is 5.97 Å². The Morgan fingerprint density at radius 3 is 2.70 bits per heavy atom. The molecule has 1 unspecified atom stereocenters. The molecule has 0 amide bonds. The van der Waals surface area contributed by atoms with Gasteiger partial charge < -0.3 is 5.11 Å². The van der Waals surface area contributed by atoms with Crippen LogP contribution < -0.4 is 4.72 Å². The lowest BCUT2D eigenvalue weighted by Gasteiger charge is -2.07. The van der Waals surface area contributed by atoms with Gasteiger partial charge in [0.25, 0.3) is 0 Å². The molecule has 112 valence electrons. The lowest BCUT2D eigenvalue weighted by molar-refractivity contribution is 0.0696. The monoisotopic (exact) mass is 319 g/mol. The van der Waals surface area contributed by atoms with Gasteiger partial charge in [-0.2, -0.15) is 0 Å². The molecule has 2 N–H and O–H groups in total. The van der Waals surface area contributed by atoms with Gasteiger partial charge in [0.1, 0.15) is 0 Å². The van der Waals surface area contributed by atoms with Crippen LogP contribution in [0.15, 0.2) is 24.3 Å². The highest BCUT2D eigenvalue weighted by atomic mass is 32.2. The summed E-state index contributed by atoms with van der Waals surface area (Å²) in [5, 5.41) is 8.84. The van der Waals surface area contributed by atoms with Crippen molar-refractivity contribution in [1.82, 2.24) is 4.72 Å². The van der Waals surface area contributed by atoms with Gasteiger partial charge in [-0.25, -0.2) is 17.9 Å². The number of sulfonamides is 1. The zero-order chi connectivity index (χ0) is 15.2. The molecule has 0 radical (unpaired) electrons. The molecule has 0 aromatic heterocycles. The van der Waals surface area contributed by atoms with Crippen molar-refractivity contribution in [1.29, 1.82) is 0 Å². The summed E-state index contributed by atoms with van der Waals surface area (Å²) in [6, 6.07) is 5.78. The predicted molar refractivity (Wildman–Crippen MR) is 77.6 cm³/mol. The molecule has 0 bridgehead atoms. The number of carboxylic acids is 1. The fourth-order valence-electron chi connectivity index (χ4n) is 1.52. The van der Waals surface area contributed by atoms with E-state index in [0.717, 1.165) is 0 Å². The summed E-state index contributed by atoms with van der Waals surface area (Å²) in [4.78, 5) is 10.8. The number of carbonyl (C=O) groups is 1. The van der Waals surface area contributed by atoms with Crippen molar-refractivity contribution in [3.8, 4) is 0 Å². The minimum absolute atomic E-state index is 0.0461. The lowest BCUT2D eigenvalue weighted by Crippen LogP contribution is -2.29. The summed E-state index contributed by atoms with van der Waals surface area (Å²) < 4.78 is 37.1. The van der Waals surface area contributed by atoms with Gasteiger partial charge in [-0.1, -0.05) is 19.1 Å². The number of benzene rings is 1. The summed E-state index contributed by atoms with van der Waals surface area (Å²) in [6.07, 6.45) is 0. The Hall–Kier alpha value is -1.25. The third-order valence-corrected chi connectivity index (χ3v) is 5.17. The maximum absolute atomic E-state index is 11.8. The van der Waals surface area contributed by atoms with Crippen LogP contribution in [0.25, 0.3) is 0 Å². The number of nitrogens with one attached hydrogen (secondary N) is 1. The van der Waals surface area contributed by atoms with E-state index in [4.69, 9.17) is 5.11 Å². The predicted octanol–water partition coefficient (Wildman–Crippen LogP) is 0.573. The van der Waals surface area contributed by atoms with Gasteiger partial charge in [0.05, 0.1) is 11.3 Å². The van der Waals surface area contributed by atoms with E-state index in [1.807, 2.05) is 0 Å². The molecule has 1 aromatic rings. The molecule has 0 aliphatic heterocycles. The number of aromatic carboxylic acids is 1. The van der Waals surface area contributed by atoms with Crippen molar-refractivity contribution >= 4 is 26.8 Å². The number of carboxylic acid groups (broad SMARTS) is 1. The van der Waals surface area contributed by atoms with Crippen molar-refractivity contribution in [2.45, 2.75) is 12.7 Å². The third kappa shape index (κ3) is 5.81. The van der Waals surface area contributed by atoms with Crippen molar-refractivity contribution in [3.05, 3.63) is 35.4 Å². The molecule has 0 aliphatic rings. The van der Waals surface area contributed by atoms with E-state index in [-0.39, 0.29) is 23.6 Å². The first-order valence-electron chi connectivity index (χ1n) is 5.98. The molecule has 0 aliphatic carbocycles. The molecule has 0 heterocycles. The normalized spacial score (nSPS) is 13.1. The molecule has 20 heavy (non-hydrogen) atoms. The zero-order valence-corrected chi connectivity index (χ0v) is 12.7. The molecular formula is C12H17NO5S2. The first kappa shape index (κ1) is 16.8. The highest BCUT2D eigenvalue weighted by Crippen LogP contribution is 2.08. The molecule has 1 rings (SSSR count). The highest BCUT2D eigenvalue weighted by Gasteiger charge is 2.13. The van der Waals surface area contributed by atoms with E-state index >= 15 is 0 Å². The zero-order valence-electron chi connectivity index (χ0n) is 11.0. The highest BCUT2D eigenvalue weighted by molar-refractivity contribution is 7.88. The summed E-state index contributed by atoms with van der Waals surface area (Å²) in [6.45, 7) is 1.88. The van der Waals surface area contributed by atoms with Crippen molar-refractivity contribution in [2.24, 2.45) is 0 Å². The van der Waals surface area contributed by atoms with E-state index in [2.05, 4.69) is 4.72 Å². The van der Waals surface area contributed by atoms with Crippen LogP contribution in [0.5, 0.6) is 0 Å². The molecule has 6 nitrogen and oxygen atoms in total. The standard InChI is InChI=1S/C12H17NO5S2/c1-2-19(16)7-6-13-20(17,18)9-10-4-3-5-11(8-10)12(14)15/h3-5,8,13H,2,6-7,9H2,1H3,(H,14,15). The smallest absolute Gasteiger partial charge is 0.335 e. The second-order valence-corrected chi connectivity index (χ2v) is 7.76. The van der Waals surface area contributed by atoms with Crippen LogP contribution in [0.1, 0.15) is 22.8 Å². The maximum atomic E-state index is 11.8. The van der Waals surface area contributed by atoms with E-state index in [1.165, 1.54) is 18.2 Å². The average molecular weight is 319 g/mol. The van der Waals surface area contributed by atoms with Crippen molar-refractivity contribution in [3.63, 3.8) is 0 Å². The Kier molecular flexibility index (Phi) is 6.31. The largest absolute Gasteiger partial charge is 0.478 e. The third-order valence-electron chi connectivity index (χ3n) is 2.50. The van der Waals surface area contributed by atoms with E-state index in [1.54, 1.807) is 13.0 Å². The fourth-order valence-corrected chi connectivity index (χ4v) is 3.40. The SMILES string of the molecule is CCS(=O)CCNS(=O)(=O)Cc1cccc(C(=O)O)c1. The van der Waals surface area contributed by atoms with Crippen LogP contribution >= 0.6 is 0 Å². The van der Waals surface area contributed by atoms with Crippen LogP contribution in [0.3, 0.4) is 0 Å². The van der Waals surface area contributed by atoms with Gasteiger partial charge in [0, 0.05) is 28.9 Å². The van der Waals surface area contributed by atoms with Gasteiger partial charge in [-0.05, 0) is 17.7 Å². The summed E-state index contributed by atoms with van der Waals surface area (Å²) >= 11 is 0. The summed E-state index contributed by atoms with van der Waals surface area (Å²) in [7, 11) is -4.58. The first-order chi connectivity index (χ1) is 9.34. The topological polar surface area (TPSA) is 101 Å². The van der Waals surface area contributed by atoms with Gasteiger partial charge in [-0.3, -0.25) is 4.21 Å². The maximum Gasteiger partial charge on any atom is 0.335 e. The Balaban J connectivity index is 2.64. The van der Waals surface area contributed by atoms with Crippen molar-refractivity contribution in [2.75, 3.05) is 18.1 Å². The average Bonchev–Trinajstić information content (AvgIpc) is 2.37. The Morgan fingerprint density at radius 2 is 2.10 bits per heavy atom. The number of hydrogen-bond acceptors (Lipinski definition) is 4. The lowest BCUT2D eigenvalue weighted by atomic mass is 10.1. The second-order valence-electron chi connectivity index (χ2n) is 4.09. The summed E-state index contributed by atoms with van der Waals surface area (Å²) in [5.74, 6) is -0.643.